The van der Waals surface area contributed by atoms with Gasteiger partial charge in [0.2, 0.25) is 11.7 Å². The van der Waals surface area contributed by atoms with Gasteiger partial charge in [0.25, 0.3) is 5.91 Å². The van der Waals surface area contributed by atoms with Crippen LogP contribution in [0, 0.1) is 5.92 Å². The summed E-state index contributed by atoms with van der Waals surface area (Å²) in [5.41, 5.74) is 0.884. The lowest BCUT2D eigenvalue weighted by Crippen LogP contribution is -2.35. The fourth-order valence-corrected chi connectivity index (χ4v) is 2.61. The van der Waals surface area contributed by atoms with Crippen molar-refractivity contribution < 1.29 is 9.21 Å². The topological polar surface area (TPSA) is 46.3 Å². The summed E-state index contributed by atoms with van der Waals surface area (Å²) >= 11 is 0. The van der Waals surface area contributed by atoms with Crippen molar-refractivity contribution in [1.29, 1.82) is 0 Å². The number of amides is 1. The Morgan fingerprint density at radius 3 is 2.70 bits per heavy atom. The van der Waals surface area contributed by atoms with Crippen LogP contribution in [0.5, 0.6) is 0 Å². The maximum absolute atomic E-state index is 12.4. The lowest BCUT2D eigenvalue weighted by Gasteiger charge is -2.21. The Bertz CT molecular complexity index is 606. The Labute approximate surface area is 118 Å². The molecule has 4 nitrogen and oxygen atoms in total. The summed E-state index contributed by atoms with van der Waals surface area (Å²) in [6.45, 7) is 5.06. The van der Waals surface area contributed by atoms with Gasteiger partial charge in [-0.3, -0.25) is 4.79 Å². The molecule has 2 unspecified atom stereocenters. The first-order chi connectivity index (χ1) is 9.66. The predicted octanol–water partition coefficient (Wildman–Crippen LogP) is 3.21. The fraction of sp³-hybridized carbons (Fsp3) is 0.375. The maximum atomic E-state index is 12.4. The Morgan fingerprint density at radius 2 is 2.05 bits per heavy atom. The summed E-state index contributed by atoms with van der Waals surface area (Å²) < 4.78 is 5.63. The number of likely N-dealkylation sites (tertiary alicyclic amines) is 1. The monoisotopic (exact) mass is 270 g/mol. The van der Waals surface area contributed by atoms with Crippen LogP contribution in [0.3, 0.4) is 0 Å². The Balaban J connectivity index is 1.82. The number of nitrogens with zero attached hydrogens (tertiary/aromatic N) is 2. The lowest BCUT2D eigenvalue weighted by atomic mass is 10.1. The molecule has 4 heteroatoms. The van der Waals surface area contributed by atoms with Gasteiger partial charge < -0.3 is 9.32 Å². The fourth-order valence-electron chi connectivity index (χ4n) is 2.61. The van der Waals surface area contributed by atoms with Gasteiger partial charge in [0.1, 0.15) is 0 Å². The van der Waals surface area contributed by atoms with E-state index in [1.54, 1.807) is 0 Å². The summed E-state index contributed by atoms with van der Waals surface area (Å²) in [7, 11) is 0. The standard InChI is InChI=1S/C16H18N2O2/c1-11-8-9-18(12(11)2)16(19)14-10-17-15(20-14)13-6-4-3-5-7-13/h3-7,10-12H,8-9H2,1-2H3. The summed E-state index contributed by atoms with van der Waals surface area (Å²) in [4.78, 5) is 18.5. The second kappa shape index (κ2) is 5.12. The number of carbonyl (C=O) groups is 1. The van der Waals surface area contributed by atoms with Crippen LogP contribution in [0.25, 0.3) is 11.5 Å². The summed E-state index contributed by atoms with van der Waals surface area (Å²) in [6, 6.07) is 9.87. The SMILES string of the molecule is CC1CCN(C(=O)c2cnc(-c3ccccc3)o2)C1C. The number of hydrogen-bond acceptors (Lipinski definition) is 3. The highest BCUT2D eigenvalue weighted by Crippen LogP contribution is 2.26. The first kappa shape index (κ1) is 12.9. The molecule has 1 fully saturated rings. The van der Waals surface area contributed by atoms with Gasteiger partial charge in [-0.05, 0) is 31.4 Å². The van der Waals surface area contributed by atoms with Crippen LogP contribution in [0.15, 0.2) is 40.9 Å². The first-order valence-electron chi connectivity index (χ1n) is 6.99. The molecular formula is C16H18N2O2. The minimum absolute atomic E-state index is 0.0588. The predicted molar refractivity (Wildman–Crippen MR) is 76.2 cm³/mol. The molecule has 2 aromatic rings. The van der Waals surface area contributed by atoms with Gasteiger partial charge in [0, 0.05) is 18.2 Å². The van der Waals surface area contributed by atoms with Crippen molar-refractivity contribution in [3.8, 4) is 11.5 Å². The van der Waals surface area contributed by atoms with Crippen molar-refractivity contribution in [1.82, 2.24) is 9.88 Å². The Morgan fingerprint density at radius 1 is 1.30 bits per heavy atom. The molecule has 20 heavy (non-hydrogen) atoms. The molecule has 0 radical (unpaired) electrons. The third-order valence-electron chi connectivity index (χ3n) is 4.14. The number of oxazole rings is 1. The molecule has 1 aromatic carbocycles. The lowest BCUT2D eigenvalue weighted by molar-refractivity contribution is 0.0703. The molecule has 2 atom stereocenters. The van der Waals surface area contributed by atoms with E-state index in [0.717, 1.165) is 18.5 Å². The largest absolute Gasteiger partial charge is 0.431 e. The molecule has 1 aliphatic heterocycles. The first-order valence-corrected chi connectivity index (χ1v) is 6.99. The van der Waals surface area contributed by atoms with E-state index >= 15 is 0 Å². The highest BCUT2D eigenvalue weighted by molar-refractivity contribution is 5.92. The zero-order chi connectivity index (χ0) is 14.1. The maximum Gasteiger partial charge on any atom is 0.291 e. The minimum atomic E-state index is -0.0588. The van der Waals surface area contributed by atoms with E-state index in [-0.39, 0.29) is 11.9 Å². The quantitative estimate of drug-likeness (QED) is 0.841. The summed E-state index contributed by atoms with van der Waals surface area (Å²) in [5, 5.41) is 0. The van der Waals surface area contributed by atoms with Gasteiger partial charge in [-0.25, -0.2) is 4.98 Å². The molecule has 104 valence electrons. The molecule has 0 aliphatic carbocycles. The highest BCUT2D eigenvalue weighted by Gasteiger charge is 2.33. The molecule has 0 bridgehead atoms. The van der Waals surface area contributed by atoms with Crippen molar-refractivity contribution in [2.45, 2.75) is 26.3 Å². The van der Waals surface area contributed by atoms with Gasteiger partial charge in [0.05, 0.1) is 6.20 Å². The van der Waals surface area contributed by atoms with Crippen LogP contribution in [0.1, 0.15) is 30.8 Å². The number of carbonyl (C=O) groups excluding carboxylic acids is 1. The molecule has 1 aromatic heterocycles. The molecule has 0 saturated carbocycles. The van der Waals surface area contributed by atoms with Crippen LogP contribution in [0.2, 0.25) is 0 Å². The third-order valence-corrected chi connectivity index (χ3v) is 4.14. The van der Waals surface area contributed by atoms with Crippen molar-refractivity contribution in [3.05, 3.63) is 42.3 Å². The third kappa shape index (κ3) is 2.22. The van der Waals surface area contributed by atoms with Crippen LogP contribution in [-0.2, 0) is 0 Å². The zero-order valence-corrected chi connectivity index (χ0v) is 11.7. The Kier molecular flexibility index (Phi) is 3.30. The molecule has 1 amide bonds. The van der Waals surface area contributed by atoms with E-state index in [2.05, 4.69) is 18.8 Å². The second-order valence-corrected chi connectivity index (χ2v) is 5.40. The van der Waals surface area contributed by atoms with E-state index in [1.807, 2.05) is 35.2 Å². The average Bonchev–Trinajstić information content (AvgIpc) is 3.08. The van der Waals surface area contributed by atoms with Crippen molar-refractivity contribution in [2.24, 2.45) is 5.92 Å². The average molecular weight is 270 g/mol. The van der Waals surface area contributed by atoms with Crippen molar-refractivity contribution in [2.75, 3.05) is 6.54 Å². The summed E-state index contributed by atoms with van der Waals surface area (Å²) in [5.74, 6) is 1.30. The van der Waals surface area contributed by atoms with E-state index in [1.165, 1.54) is 6.20 Å². The number of benzene rings is 1. The molecule has 0 spiro atoms. The smallest absolute Gasteiger partial charge is 0.291 e. The zero-order valence-electron chi connectivity index (χ0n) is 11.7. The number of aromatic nitrogens is 1. The van der Waals surface area contributed by atoms with E-state index in [0.29, 0.717) is 17.6 Å². The van der Waals surface area contributed by atoms with Gasteiger partial charge in [-0.15, -0.1) is 0 Å². The molecule has 2 heterocycles. The van der Waals surface area contributed by atoms with E-state index < -0.39 is 0 Å². The van der Waals surface area contributed by atoms with Crippen LogP contribution >= 0.6 is 0 Å². The molecule has 1 saturated heterocycles. The minimum Gasteiger partial charge on any atom is -0.431 e. The molecule has 0 N–H and O–H groups in total. The van der Waals surface area contributed by atoms with Gasteiger partial charge in [0.15, 0.2) is 0 Å². The molecule has 3 rings (SSSR count). The van der Waals surface area contributed by atoms with Gasteiger partial charge in [-0.2, -0.15) is 0 Å². The van der Waals surface area contributed by atoms with Crippen LogP contribution in [-0.4, -0.2) is 28.4 Å². The van der Waals surface area contributed by atoms with Gasteiger partial charge in [-0.1, -0.05) is 25.1 Å². The van der Waals surface area contributed by atoms with Crippen LogP contribution < -0.4 is 0 Å². The second-order valence-electron chi connectivity index (χ2n) is 5.40. The van der Waals surface area contributed by atoms with E-state index in [9.17, 15) is 4.79 Å². The van der Waals surface area contributed by atoms with E-state index in [4.69, 9.17) is 4.42 Å². The van der Waals surface area contributed by atoms with Crippen molar-refractivity contribution >= 4 is 5.91 Å². The highest BCUT2D eigenvalue weighted by atomic mass is 16.4. The normalized spacial score (nSPS) is 22.2. The van der Waals surface area contributed by atoms with Crippen molar-refractivity contribution in [3.63, 3.8) is 0 Å². The van der Waals surface area contributed by atoms with Gasteiger partial charge >= 0.3 is 0 Å². The number of rotatable bonds is 2. The Hall–Kier alpha value is -2.10. The number of hydrogen-bond donors (Lipinski definition) is 0. The molecular weight excluding hydrogens is 252 g/mol. The molecule has 1 aliphatic rings. The summed E-state index contributed by atoms with van der Waals surface area (Å²) in [6.07, 6.45) is 2.58. The van der Waals surface area contributed by atoms with Crippen LogP contribution in [0.4, 0.5) is 0 Å².